The minimum Gasteiger partial charge on any atom is -0.350 e. The summed E-state index contributed by atoms with van der Waals surface area (Å²) in [6.45, 7) is 4.34. The number of hydrogen-bond donors (Lipinski definition) is 2. The number of amides is 2. The van der Waals surface area contributed by atoms with E-state index >= 15 is 0 Å². The molecule has 0 spiro atoms. The van der Waals surface area contributed by atoms with Crippen LogP contribution in [0, 0.1) is 0 Å². The van der Waals surface area contributed by atoms with Gasteiger partial charge in [-0.05, 0) is 36.9 Å². The predicted octanol–water partition coefficient (Wildman–Crippen LogP) is 3.79. The SMILES string of the molecule is CC(C)n1ncc2c(C(=O)NCC(=O)NCc3ccccc3)cc(-c3cccs3)nc21. The van der Waals surface area contributed by atoms with Crippen molar-refractivity contribution in [3.05, 3.63) is 71.2 Å². The predicted molar refractivity (Wildman–Crippen MR) is 122 cm³/mol. The second-order valence-electron chi connectivity index (χ2n) is 7.40. The zero-order chi connectivity index (χ0) is 21.8. The molecular weight excluding hydrogens is 410 g/mol. The van der Waals surface area contributed by atoms with Crippen molar-refractivity contribution in [1.29, 1.82) is 0 Å². The molecule has 158 valence electrons. The first-order valence-electron chi connectivity index (χ1n) is 10.0. The van der Waals surface area contributed by atoms with Gasteiger partial charge in [-0.3, -0.25) is 9.59 Å². The topological polar surface area (TPSA) is 88.9 Å². The van der Waals surface area contributed by atoms with Crippen LogP contribution >= 0.6 is 11.3 Å². The summed E-state index contributed by atoms with van der Waals surface area (Å²) in [5.41, 5.74) is 2.82. The van der Waals surface area contributed by atoms with Crippen LogP contribution in [0.5, 0.6) is 0 Å². The molecule has 0 radical (unpaired) electrons. The fourth-order valence-electron chi connectivity index (χ4n) is 3.25. The van der Waals surface area contributed by atoms with Crippen LogP contribution in [0.2, 0.25) is 0 Å². The summed E-state index contributed by atoms with van der Waals surface area (Å²) in [5.74, 6) is -0.581. The fraction of sp³-hybridized carbons (Fsp3) is 0.217. The third-order valence-electron chi connectivity index (χ3n) is 4.82. The number of thiophene rings is 1. The second kappa shape index (κ2) is 9.09. The van der Waals surface area contributed by atoms with Gasteiger partial charge in [-0.25, -0.2) is 9.67 Å². The van der Waals surface area contributed by atoms with E-state index in [1.165, 1.54) is 0 Å². The van der Waals surface area contributed by atoms with Crippen molar-refractivity contribution in [3.8, 4) is 10.6 Å². The molecule has 4 rings (SSSR count). The van der Waals surface area contributed by atoms with E-state index in [0.29, 0.717) is 28.8 Å². The first-order chi connectivity index (χ1) is 15.0. The molecule has 1 aromatic carbocycles. The zero-order valence-corrected chi connectivity index (χ0v) is 18.1. The molecule has 3 heterocycles. The van der Waals surface area contributed by atoms with Crippen LogP contribution in [0.3, 0.4) is 0 Å². The van der Waals surface area contributed by atoms with Gasteiger partial charge in [-0.1, -0.05) is 36.4 Å². The maximum atomic E-state index is 13.0. The number of aromatic nitrogens is 3. The number of rotatable bonds is 7. The van der Waals surface area contributed by atoms with Gasteiger partial charge < -0.3 is 10.6 Å². The molecule has 0 atom stereocenters. The summed E-state index contributed by atoms with van der Waals surface area (Å²) in [4.78, 5) is 30.9. The van der Waals surface area contributed by atoms with Crippen molar-refractivity contribution in [3.63, 3.8) is 0 Å². The van der Waals surface area contributed by atoms with Crippen LogP contribution in [0.1, 0.15) is 35.8 Å². The molecule has 0 bridgehead atoms. The summed E-state index contributed by atoms with van der Waals surface area (Å²) in [6, 6.07) is 15.4. The van der Waals surface area contributed by atoms with Crippen LogP contribution in [0.25, 0.3) is 21.6 Å². The van der Waals surface area contributed by atoms with Crippen LogP contribution in [0.4, 0.5) is 0 Å². The maximum Gasteiger partial charge on any atom is 0.252 e. The highest BCUT2D eigenvalue weighted by atomic mass is 32.1. The van der Waals surface area contributed by atoms with E-state index in [2.05, 4.69) is 15.7 Å². The molecule has 0 saturated heterocycles. The Labute approximate surface area is 184 Å². The molecule has 2 N–H and O–H groups in total. The third-order valence-corrected chi connectivity index (χ3v) is 5.71. The Morgan fingerprint density at radius 2 is 1.90 bits per heavy atom. The number of fused-ring (bicyclic) bond motifs is 1. The largest absolute Gasteiger partial charge is 0.350 e. The van der Waals surface area contributed by atoms with E-state index < -0.39 is 0 Å². The number of carbonyl (C=O) groups excluding carboxylic acids is 2. The number of carbonyl (C=O) groups is 2. The molecule has 2 amide bonds. The van der Waals surface area contributed by atoms with Gasteiger partial charge in [0.05, 0.1) is 34.3 Å². The lowest BCUT2D eigenvalue weighted by molar-refractivity contribution is -0.120. The van der Waals surface area contributed by atoms with Gasteiger partial charge in [0.1, 0.15) is 0 Å². The first-order valence-corrected chi connectivity index (χ1v) is 10.9. The lowest BCUT2D eigenvalue weighted by Gasteiger charge is -2.11. The van der Waals surface area contributed by atoms with E-state index in [1.54, 1.807) is 28.3 Å². The Morgan fingerprint density at radius 3 is 2.61 bits per heavy atom. The zero-order valence-electron chi connectivity index (χ0n) is 17.3. The molecule has 0 unspecified atom stereocenters. The van der Waals surface area contributed by atoms with Crippen molar-refractivity contribution in [2.24, 2.45) is 0 Å². The van der Waals surface area contributed by atoms with E-state index in [4.69, 9.17) is 4.98 Å². The average molecular weight is 434 g/mol. The molecule has 7 nitrogen and oxygen atoms in total. The van der Waals surface area contributed by atoms with Crippen LogP contribution in [-0.4, -0.2) is 33.1 Å². The van der Waals surface area contributed by atoms with Gasteiger partial charge in [0.15, 0.2) is 5.65 Å². The molecule has 4 aromatic rings. The molecule has 0 fully saturated rings. The Balaban J connectivity index is 1.53. The lowest BCUT2D eigenvalue weighted by Crippen LogP contribution is -2.36. The van der Waals surface area contributed by atoms with Crippen molar-refractivity contribution in [2.75, 3.05) is 6.54 Å². The molecule has 31 heavy (non-hydrogen) atoms. The second-order valence-corrected chi connectivity index (χ2v) is 8.35. The quantitative estimate of drug-likeness (QED) is 0.464. The number of benzene rings is 1. The van der Waals surface area contributed by atoms with Gasteiger partial charge in [-0.2, -0.15) is 5.10 Å². The Hall–Kier alpha value is -3.52. The number of pyridine rings is 1. The fourth-order valence-corrected chi connectivity index (χ4v) is 3.94. The van der Waals surface area contributed by atoms with Gasteiger partial charge in [0.2, 0.25) is 5.91 Å². The van der Waals surface area contributed by atoms with E-state index in [-0.39, 0.29) is 24.4 Å². The summed E-state index contributed by atoms with van der Waals surface area (Å²) < 4.78 is 1.80. The molecule has 0 aliphatic carbocycles. The average Bonchev–Trinajstić information content (AvgIpc) is 3.46. The third kappa shape index (κ3) is 4.64. The number of hydrogen-bond acceptors (Lipinski definition) is 5. The van der Waals surface area contributed by atoms with E-state index in [9.17, 15) is 9.59 Å². The van der Waals surface area contributed by atoms with E-state index in [1.807, 2.05) is 61.7 Å². The molecule has 0 aliphatic rings. The number of nitrogens with zero attached hydrogens (tertiary/aromatic N) is 3. The van der Waals surface area contributed by atoms with Crippen LogP contribution in [-0.2, 0) is 11.3 Å². The summed E-state index contributed by atoms with van der Waals surface area (Å²) in [6.07, 6.45) is 1.66. The minimum absolute atomic E-state index is 0.100. The maximum absolute atomic E-state index is 13.0. The van der Waals surface area contributed by atoms with E-state index in [0.717, 1.165) is 10.4 Å². The van der Waals surface area contributed by atoms with Crippen LogP contribution in [0.15, 0.2) is 60.1 Å². The van der Waals surface area contributed by atoms with Gasteiger partial charge in [0.25, 0.3) is 5.91 Å². The smallest absolute Gasteiger partial charge is 0.252 e. The molecule has 0 aliphatic heterocycles. The van der Waals surface area contributed by atoms with Crippen molar-refractivity contribution in [2.45, 2.75) is 26.4 Å². The molecule has 8 heteroatoms. The molecule has 0 saturated carbocycles. The standard InChI is InChI=1S/C23H23N5O2S/c1-15(2)28-22-18(13-26-28)17(11-19(27-22)20-9-6-10-31-20)23(30)25-14-21(29)24-12-16-7-4-3-5-8-16/h3-11,13,15H,12,14H2,1-2H3,(H,24,29)(H,25,30). The summed E-state index contributed by atoms with van der Waals surface area (Å²) >= 11 is 1.56. The molecular formula is C23H23N5O2S. The Morgan fingerprint density at radius 1 is 1.10 bits per heavy atom. The Kier molecular flexibility index (Phi) is 6.08. The van der Waals surface area contributed by atoms with Gasteiger partial charge in [-0.15, -0.1) is 11.3 Å². The van der Waals surface area contributed by atoms with Crippen LogP contribution < -0.4 is 10.6 Å². The van der Waals surface area contributed by atoms with Crippen molar-refractivity contribution >= 4 is 34.2 Å². The summed E-state index contributed by atoms with van der Waals surface area (Å²) in [5, 5.41) is 12.6. The van der Waals surface area contributed by atoms with Gasteiger partial charge in [0, 0.05) is 12.6 Å². The Bertz CT molecular complexity index is 1200. The highest BCUT2D eigenvalue weighted by Crippen LogP contribution is 2.28. The van der Waals surface area contributed by atoms with Gasteiger partial charge >= 0.3 is 0 Å². The monoisotopic (exact) mass is 433 g/mol. The summed E-state index contributed by atoms with van der Waals surface area (Å²) in [7, 11) is 0. The minimum atomic E-state index is -0.330. The highest BCUT2D eigenvalue weighted by molar-refractivity contribution is 7.13. The van der Waals surface area contributed by atoms with Crippen molar-refractivity contribution in [1.82, 2.24) is 25.4 Å². The highest BCUT2D eigenvalue weighted by Gasteiger charge is 2.19. The molecule has 3 aromatic heterocycles. The van der Waals surface area contributed by atoms with Crippen molar-refractivity contribution < 1.29 is 9.59 Å². The normalized spacial score (nSPS) is 11.1. The lowest BCUT2D eigenvalue weighted by atomic mass is 10.1. The number of nitrogens with one attached hydrogen (secondary N) is 2. The first kappa shape index (κ1) is 20.7.